The van der Waals surface area contributed by atoms with E-state index < -0.39 is 4.92 Å². The number of nitrogen functional groups attached to an aromatic ring is 1. The quantitative estimate of drug-likeness (QED) is 0.579. The van der Waals surface area contributed by atoms with Crippen molar-refractivity contribution in [2.45, 2.75) is 19.3 Å². The van der Waals surface area contributed by atoms with Gasteiger partial charge in [-0.15, -0.1) is 0 Å². The number of nitrogens with zero attached hydrogens (tertiary/aromatic N) is 4. The third-order valence-electron chi connectivity index (χ3n) is 4.38. The van der Waals surface area contributed by atoms with Gasteiger partial charge >= 0.3 is 5.69 Å². The molecule has 2 aromatic rings. The topological polar surface area (TPSA) is 129 Å². The molecular weight excluding hydrogens is 352 g/mol. The summed E-state index contributed by atoms with van der Waals surface area (Å²) in [6, 6.07) is 5.22. The summed E-state index contributed by atoms with van der Waals surface area (Å²) in [5.41, 5.74) is 6.20. The van der Waals surface area contributed by atoms with Crippen molar-refractivity contribution in [1.29, 1.82) is 0 Å². The molecule has 1 aromatic heterocycles. The molecule has 10 heteroatoms. The minimum atomic E-state index is -0.533. The second-order valence-corrected chi connectivity index (χ2v) is 6.10. The number of nitrogens with two attached hydrogens (primary N) is 1. The Hall–Kier alpha value is -3.30. The molecule has 2 heterocycles. The highest BCUT2D eigenvalue weighted by atomic mass is 16.6. The lowest BCUT2D eigenvalue weighted by Gasteiger charge is -2.27. The van der Waals surface area contributed by atoms with Crippen LogP contribution in [0.25, 0.3) is 0 Å². The molecule has 1 aromatic carbocycles. The molecule has 144 valence electrons. The molecule has 0 saturated carbocycles. The Morgan fingerprint density at radius 1 is 1.19 bits per heavy atom. The van der Waals surface area contributed by atoms with Crippen molar-refractivity contribution < 1.29 is 14.4 Å². The van der Waals surface area contributed by atoms with Crippen LogP contribution in [0.4, 0.5) is 29.0 Å². The van der Waals surface area contributed by atoms with Gasteiger partial charge in [-0.2, -0.15) is 9.97 Å². The molecule has 0 spiro atoms. The highest BCUT2D eigenvalue weighted by Gasteiger charge is 2.28. The lowest BCUT2D eigenvalue weighted by atomic mass is 10.1. The summed E-state index contributed by atoms with van der Waals surface area (Å²) in [4.78, 5) is 21.3. The Balaban J connectivity index is 2.01. The van der Waals surface area contributed by atoms with Crippen molar-refractivity contribution >= 4 is 29.0 Å². The normalized spacial score (nSPS) is 13.9. The molecule has 0 atom stereocenters. The van der Waals surface area contributed by atoms with E-state index in [0.717, 1.165) is 19.3 Å². The first-order chi connectivity index (χ1) is 13.0. The number of nitrogens with one attached hydrogen (secondary N) is 1. The van der Waals surface area contributed by atoms with Crippen LogP contribution in [0.15, 0.2) is 18.2 Å². The number of ether oxygens (including phenoxy) is 2. The van der Waals surface area contributed by atoms with Gasteiger partial charge in [0.05, 0.1) is 24.8 Å². The summed E-state index contributed by atoms with van der Waals surface area (Å²) in [7, 11) is 3.09. The lowest BCUT2D eigenvalue weighted by Crippen LogP contribution is -2.31. The number of methoxy groups -OCH3 is 2. The highest BCUT2D eigenvalue weighted by molar-refractivity contribution is 5.73. The van der Waals surface area contributed by atoms with Gasteiger partial charge in [0, 0.05) is 19.2 Å². The molecule has 1 saturated heterocycles. The molecule has 0 aliphatic carbocycles. The molecule has 1 fully saturated rings. The molecule has 1 aliphatic rings. The summed E-state index contributed by atoms with van der Waals surface area (Å²) in [5, 5.41) is 14.5. The number of aromatic nitrogens is 2. The van der Waals surface area contributed by atoms with Crippen LogP contribution in [0, 0.1) is 10.1 Å². The van der Waals surface area contributed by atoms with Crippen molar-refractivity contribution in [3.8, 4) is 11.5 Å². The minimum Gasteiger partial charge on any atom is -0.497 e. The number of rotatable bonds is 6. The van der Waals surface area contributed by atoms with Gasteiger partial charge < -0.3 is 25.4 Å². The zero-order valence-electron chi connectivity index (χ0n) is 15.3. The first-order valence-electron chi connectivity index (χ1n) is 8.59. The predicted octanol–water partition coefficient (Wildman–Crippen LogP) is 2.72. The molecule has 0 unspecified atom stereocenters. The van der Waals surface area contributed by atoms with E-state index >= 15 is 0 Å². The van der Waals surface area contributed by atoms with Crippen LogP contribution in [-0.2, 0) is 0 Å². The standard InChI is InChI=1S/C17H22N6O4/c1-26-11-6-7-13(27-2)12(10-11)19-17-20-15(18)14(23(24)25)16(21-17)22-8-4-3-5-9-22/h6-7,10H,3-5,8-9H2,1-2H3,(H3,18,19,20,21). The molecule has 3 N–H and O–H groups in total. The smallest absolute Gasteiger partial charge is 0.353 e. The lowest BCUT2D eigenvalue weighted by molar-refractivity contribution is -0.383. The van der Waals surface area contributed by atoms with Gasteiger partial charge in [0.1, 0.15) is 11.5 Å². The van der Waals surface area contributed by atoms with E-state index in [1.807, 2.05) is 4.90 Å². The van der Waals surface area contributed by atoms with Gasteiger partial charge in [-0.3, -0.25) is 10.1 Å². The second-order valence-electron chi connectivity index (χ2n) is 6.10. The molecule has 27 heavy (non-hydrogen) atoms. The van der Waals surface area contributed by atoms with Crippen LogP contribution in [0.5, 0.6) is 11.5 Å². The molecule has 0 amide bonds. The van der Waals surface area contributed by atoms with E-state index in [4.69, 9.17) is 15.2 Å². The average molecular weight is 374 g/mol. The molecule has 0 radical (unpaired) electrons. The summed E-state index contributed by atoms with van der Waals surface area (Å²) in [6.07, 6.45) is 3.00. The first-order valence-corrected chi connectivity index (χ1v) is 8.59. The van der Waals surface area contributed by atoms with Crippen LogP contribution < -0.4 is 25.4 Å². The van der Waals surface area contributed by atoms with Gasteiger partial charge in [-0.25, -0.2) is 0 Å². The third kappa shape index (κ3) is 3.94. The monoisotopic (exact) mass is 374 g/mol. The summed E-state index contributed by atoms with van der Waals surface area (Å²) in [5.74, 6) is 1.38. The molecular formula is C17H22N6O4. The number of hydrogen-bond acceptors (Lipinski definition) is 9. The first kappa shape index (κ1) is 18.5. The van der Waals surface area contributed by atoms with Crippen LogP contribution in [0.1, 0.15) is 19.3 Å². The maximum Gasteiger partial charge on any atom is 0.353 e. The van der Waals surface area contributed by atoms with Gasteiger partial charge in [-0.1, -0.05) is 0 Å². The minimum absolute atomic E-state index is 0.158. The number of hydrogen-bond donors (Lipinski definition) is 2. The Labute approximate surface area is 156 Å². The zero-order valence-corrected chi connectivity index (χ0v) is 15.3. The zero-order chi connectivity index (χ0) is 19.4. The molecule has 0 bridgehead atoms. The van der Waals surface area contributed by atoms with E-state index in [0.29, 0.717) is 30.3 Å². The second kappa shape index (κ2) is 7.94. The van der Waals surface area contributed by atoms with Crippen molar-refractivity contribution in [2.75, 3.05) is 43.3 Å². The molecule has 1 aliphatic heterocycles. The summed E-state index contributed by atoms with van der Waals surface area (Å²) in [6.45, 7) is 1.39. The fourth-order valence-electron chi connectivity index (χ4n) is 3.05. The number of nitro groups is 1. The van der Waals surface area contributed by atoms with Crippen molar-refractivity contribution in [2.24, 2.45) is 0 Å². The Morgan fingerprint density at radius 2 is 1.93 bits per heavy atom. The highest BCUT2D eigenvalue weighted by Crippen LogP contribution is 2.36. The number of piperidine rings is 1. The largest absolute Gasteiger partial charge is 0.497 e. The van der Waals surface area contributed by atoms with E-state index in [2.05, 4.69) is 15.3 Å². The Kier molecular flexibility index (Phi) is 5.43. The molecule has 3 rings (SSSR count). The fraction of sp³-hybridized carbons (Fsp3) is 0.412. The van der Waals surface area contributed by atoms with E-state index in [1.54, 1.807) is 25.3 Å². The molecule has 10 nitrogen and oxygen atoms in total. The Bertz CT molecular complexity index is 838. The van der Waals surface area contributed by atoms with Crippen LogP contribution in [0.2, 0.25) is 0 Å². The third-order valence-corrected chi connectivity index (χ3v) is 4.38. The van der Waals surface area contributed by atoms with Gasteiger partial charge in [0.15, 0.2) is 0 Å². The fourth-order valence-corrected chi connectivity index (χ4v) is 3.05. The van der Waals surface area contributed by atoms with Crippen LogP contribution in [-0.4, -0.2) is 42.2 Å². The van der Waals surface area contributed by atoms with Crippen molar-refractivity contribution in [1.82, 2.24) is 9.97 Å². The van der Waals surface area contributed by atoms with E-state index in [1.165, 1.54) is 7.11 Å². The maximum atomic E-state index is 11.5. The van der Waals surface area contributed by atoms with Gasteiger partial charge in [0.2, 0.25) is 17.6 Å². The van der Waals surface area contributed by atoms with E-state index in [9.17, 15) is 10.1 Å². The van der Waals surface area contributed by atoms with E-state index in [-0.39, 0.29) is 23.3 Å². The van der Waals surface area contributed by atoms with Crippen molar-refractivity contribution in [3.63, 3.8) is 0 Å². The summed E-state index contributed by atoms with van der Waals surface area (Å²) < 4.78 is 10.6. The van der Waals surface area contributed by atoms with Crippen LogP contribution in [0.3, 0.4) is 0 Å². The van der Waals surface area contributed by atoms with Crippen molar-refractivity contribution in [3.05, 3.63) is 28.3 Å². The average Bonchev–Trinajstić information content (AvgIpc) is 2.67. The Morgan fingerprint density at radius 3 is 2.56 bits per heavy atom. The predicted molar refractivity (Wildman–Crippen MR) is 102 cm³/mol. The maximum absolute atomic E-state index is 11.5. The number of anilines is 4. The number of benzene rings is 1. The summed E-state index contributed by atoms with van der Waals surface area (Å²) >= 11 is 0. The van der Waals surface area contributed by atoms with Crippen LogP contribution >= 0.6 is 0 Å². The SMILES string of the molecule is COc1ccc(OC)c(Nc2nc(N)c([N+](=O)[O-])c(N3CCCCC3)n2)c1. The van der Waals surface area contributed by atoms with Gasteiger partial charge in [0.25, 0.3) is 0 Å². The van der Waals surface area contributed by atoms with Gasteiger partial charge in [-0.05, 0) is 31.4 Å².